The van der Waals surface area contributed by atoms with Crippen molar-refractivity contribution in [1.29, 1.82) is 0 Å². The number of hydrogen-bond donors (Lipinski definition) is 1. The van der Waals surface area contributed by atoms with Gasteiger partial charge < -0.3 is 4.98 Å². The van der Waals surface area contributed by atoms with Crippen LogP contribution in [0, 0.1) is 0 Å². The number of pyridine rings is 1. The van der Waals surface area contributed by atoms with Gasteiger partial charge in [0.25, 0.3) is 0 Å². The largest absolute Gasteiger partial charge is 0.337 e. The van der Waals surface area contributed by atoms with Gasteiger partial charge in [0.1, 0.15) is 5.82 Å². The second-order valence-electron chi connectivity index (χ2n) is 6.43. The first kappa shape index (κ1) is 16.6. The molecule has 2 aromatic carbocycles. The molecule has 0 aliphatic heterocycles. The lowest BCUT2D eigenvalue weighted by Gasteiger charge is -2.02. The third-order valence-electron chi connectivity index (χ3n) is 4.60. The highest BCUT2D eigenvalue weighted by Gasteiger charge is 2.11. The zero-order chi connectivity index (χ0) is 18.9. The molecule has 0 radical (unpaired) electrons. The Morgan fingerprint density at radius 3 is 2.39 bits per heavy atom. The fourth-order valence-electron chi connectivity index (χ4n) is 3.15. The maximum atomic E-state index is 12.6. The summed E-state index contributed by atoms with van der Waals surface area (Å²) >= 11 is 1.68. The van der Waals surface area contributed by atoms with E-state index in [9.17, 15) is 4.79 Å². The molecular weight excluding hydrogens is 366 g/mol. The summed E-state index contributed by atoms with van der Waals surface area (Å²) in [5.41, 5.74) is 4.90. The van der Waals surface area contributed by atoms with Gasteiger partial charge in [0.05, 0.1) is 5.52 Å². The predicted molar refractivity (Wildman–Crippen MR) is 113 cm³/mol. The highest BCUT2D eigenvalue weighted by Crippen LogP contribution is 2.27. The van der Waals surface area contributed by atoms with Crippen molar-refractivity contribution in [2.45, 2.75) is 0 Å². The fraction of sp³-hybridized carbons (Fsp3) is 0. The molecule has 0 bridgehead atoms. The summed E-state index contributed by atoms with van der Waals surface area (Å²) in [7, 11) is 0. The summed E-state index contributed by atoms with van der Waals surface area (Å²) in [5, 5.41) is 2.05. The molecule has 0 amide bonds. The van der Waals surface area contributed by atoms with Crippen LogP contribution in [0.4, 0.5) is 0 Å². The number of benzene rings is 2. The van der Waals surface area contributed by atoms with Crippen LogP contribution in [-0.4, -0.2) is 20.7 Å². The first-order valence-corrected chi connectivity index (χ1v) is 9.76. The van der Waals surface area contributed by atoms with Crippen molar-refractivity contribution in [1.82, 2.24) is 15.0 Å². The van der Waals surface area contributed by atoms with E-state index in [0.29, 0.717) is 16.8 Å². The van der Waals surface area contributed by atoms with E-state index in [4.69, 9.17) is 0 Å². The lowest BCUT2D eigenvalue weighted by atomic mass is 10.0. The summed E-state index contributed by atoms with van der Waals surface area (Å²) in [6.07, 6.45) is 1.85. The number of carbonyl (C=O) groups is 1. The zero-order valence-electron chi connectivity index (χ0n) is 14.8. The Bertz CT molecular complexity index is 1260. The van der Waals surface area contributed by atoms with E-state index in [1.165, 1.54) is 4.88 Å². The number of thiophene rings is 1. The monoisotopic (exact) mass is 381 g/mol. The van der Waals surface area contributed by atoms with Crippen molar-refractivity contribution >= 4 is 28.3 Å². The number of aromatic nitrogens is 3. The van der Waals surface area contributed by atoms with Gasteiger partial charge in [-0.3, -0.25) is 4.79 Å². The number of ketones is 1. The highest BCUT2D eigenvalue weighted by molar-refractivity contribution is 7.13. The number of aromatic amines is 1. The SMILES string of the molecule is O=C(c1ccccc1)c1ccc(-c2nc3ncc(-c4cccs4)cc3[nH]2)cc1. The van der Waals surface area contributed by atoms with Crippen molar-refractivity contribution in [2.75, 3.05) is 0 Å². The molecule has 3 heterocycles. The Labute approximate surface area is 165 Å². The van der Waals surface area contributed by atoms with Crippen molar-refractivity contribution in [3.8, 4) is 21.8 Å². The molecule has 0 aliphatic rings. The first-order valence-electron chi connectivity index (χ1n) is 8.88. The summed E-state index contributed by atoms with van der Waals surface area (Å²) in [5.74, 6) is 0.753. The van der Waals surface area contributed by atoms with Crippen LogP contribution in [0.3, 0.4) is 0 Å². The predicted octanol–water partition coefficient (Wildman–Crippen LogP) is 5.58. The second kappa shape index (κ2) is 6.87. The maximum Gasteiger partial charge on any atom is 0.193 e. The molecule has 5 aromatic rings. The molecule has 0 unspecified atom stereocenters. The van der Waals surface area contributed by atoms with Crippen molar-refractivity contribution in [3.05, 3.63) is 95.5 Å². The molecule has 0 saturated carbocycles. The van der Waals surface area contributed by atoms with Crippen LogP contribution in [0.25, 0.3) is 33.0 Å². The third-order valence-corrected chi connectivity index (χ3v) is 5.52. The van der Waals surface area contributed by atoms with E-state index in [-0.39, 0.29) is 5.78 Å². The Morgan fingerprint density at radius 2 is 1.64 bits per heavy atom. The number of carbonyl (C=O) groups excluding carboxylic acids is 1. The minimum absolute atomic E-state index is 0.0130. The molecule has 0 fully saturated rings. The standard InChI is InChI=1S/C23H15N3OS/c27-21(15-5-2-1-3-6-15)16-8-10-17(11-9-16)22-25-19-13-18(14-24-23(19)26-22)20-7-4-12-28-20/h1-14H,(H,24,25,26). The van der Waals surface area contributed by atoms with Gasteiger partial charge in [-0.15, -0.1) is 11.3 Å². The normalized spacial score (nSPS) is 11.0. The van der Waals surface area contributed by atoms with Crippen LogP contribution >= 0.6 is 11.3 Å². The number of rotatable bonds is 4. The minimum Gasteiger partial charge on any atom is -0.337 e. The summed E-state index contributed by atoms with van der Waals surface area (Å²) in [6.45, 7) is 0. The van der Waals surface area contributed by atoms with E-state index in [1.807, 2.05) is 66.9 Å². The molecule has 5 rings (SSSR count). The zero-order valence-corrected chi connectivity index (χ0v) is 15.6. The molecule has 0 spiro atoms. The second-order valence-corrected chi connectivity index (χ2v) is 7.38. The lowest BCUT2D eigenvalue weighted by Crippen LogP contribution is -2.00. The average Bonchev–Trinajstić information content (AvgIpc) is 3.43. The first-order chi connectivity index (χ1) is 13.8. The van der Waals surface area contributed by atoms with Crippen LogP contribution in [0.5, 0.6) is 0 Å². The van der Waals surface area contributed by atoms with Gasteiger partial charge in [-0.2, -0.15) is 0 Å². The molecule has 5 heteroatoms. The van der Waals surface area contributed by atoms with Crippen molar-refractivity contribution < 1.29 is 4.79 Å². The van der Waals surface area contributed by atoms with Gasteiger partial charge in [-0.05, 0) is 17.5 Å². The van der Waals surface area contributed by atoms with E-state index < -0.39 is 0 Å². The van der Waals surface area contributed by atoms with E-state index in [1.54, 1.807) is 11.3 Å². The van der Waals surface area contributed by atoms with Gasteiger partial charge in [0.2, 0.25) is 0 Å². The van der Waals surface area contributed by atoms with Gasteiger partial charge in [-0.25, -0.2) is 9.97 Å². The number of H-pyrrole nitrogens is 1. The highest BCUT2D eigenvalue weighted by atomic mass is 32.1. The number of nitrogens with one attached hydrogen (secondary N) is 1. The Morgan fingerprint density at radius 1 is 0.857 bits per heavy atom. The number of imidazole rings is 1. The third kappa shape index (κ3) is 3.02. The lowest BCUT2D eigenvalue weighted by molar-refractivity contribution is 0.103. The van der Waals surface area contributed by atoms with E-state index in [0.717, 1.165) is 22.5 Å². The Kier molecular flexibility index (Phi) is 4.07. The van der Waals surface area contributed by atoms with Gasteiger partial charge in [-0.1, -0.05) is 60.7 Å². The number of fused-ring (bicyclic) bond motifs is 1. The number of nitrogens with zero attached hydrogens (tertiary/aromatic N) is 2. The van der Waals surface area contributed by atoms with Crippen LogP contribution in [-0.2, 0) is 0 Å². The Hall–Kier alpha value is -3.57. The van der Waals surface area contributed by atoms with E-state index >= 15 is 0 Å². The minimum atomic E-state index is 0.0130. The number of hydrogen-bond acceptors (Lipinski definition) is 4. The summed E-state index contributed by atoms with van der Waals surface area (Å²) < 4.78 is 0. The van der Waals surface area contributed by atoms with Crippen LogP contribution in [0.1, 0.15) is 15.9 Å². The molecule has 0 aliphatic carbocycles. The summed E-state index contributed by atoms with van der Waals surface area (Å²) in [4.78, 5) is 26.1. The smallest absolute Gasteiger partial charge is 0.193 e. The average molecular weight is 381 g/mol. The molecule has 28 heavy (non-hydrogen) atoms. The molecular formula is C23H15N3OS. The fourth-order valence-corrected chi connectivity index (χ4v) is 3.86. The van der Waals surface area contributed by atoms with Gasteiger partial charge >= 0.3 is 0 Å². The Balaban J connectivity index is 1.46. The summed E-state index contributed by atoms with van der Waals surface area (Å²) in [6, 6.07) is 23.0. The van der Waals surface area contributed by atoms with Crippen molar-refractivity contribution in [3.63, 3.8) is 0 Å². The van der Waals surface area contributed by atoms with Crippen LogP contribution < -0.4 is 0 Å². The molecule has 1 N–H and O–H groups in total. The van der Waals surface area contributed by atoms with Gasteiger partial charge in [0.15, 0.2) is 11.4 Å². The molecule has 0 atom stereocenters. The maximum absolute atomic E-state index is 12.6. The van der Waals surface area contributed by atoms with Crippen molar-refractivity contribution in [2.24, 2.45) is 0 Å². The van der Waals surface area contributed by atoms with Crippen LogP contribution in [0.15, 0.2) is 84.4 Å². The topological polar surface area (TPSA) is 58.6 Å². The van der Waals surface area contributed by atoms with E-state index in [2.05, 4.69) is 32.5 Å². The quantitative estimate of drug-likeness (QED) is 0.413. The molecule has 4 nitrogen and oxygen atoms in total. The molecule has 3 aromatic heterocycles. The van der Waals surface area contributed by atoms with Gasteiger partial charge in [0, 0.05) is 33.3 Å². The molecule has 0 saturated heterocycles. The molecule has 134 valence electrons. The van der Waals surface area contributed by atoms with Crippen LogP contribution in [0.2, 0.25) is 0 Å².